The van der Waals surface area contributed by atoms with E-state index < -0.39 is 0 Å². The maximum atomic E-state index is 12.9. The first kappa shape index (κ1) is 23.9. The number of nitrogens with zero attached hydrogens (tertiary/aromatic N) is 1. The Morgan fingerprint density at radius 1 is 1.07 bits per heavy atom. The Morgan fingerprint density at radius 3 is 2.37 bits per heavy atom. The Balaban J connectivity index is 2.05. The van der Waals surface area contributed by atoms with Crippen LogP contribution in [0.5, 0.6) is 5.75 Å². The van der Waals surface area contributed by atoms with Gasteiger partial charge >= 0.3 is 5.97 Å². The Hall–Kier alpha value is -2.34. The van der Waals surface area contributed by atoms with Gasteiger partial charge in [-0.1, -0.05) is 57.2 Å². The molecule has 0 aromatic heterocycles. The number of carbonyl (C=O) groups excluding carboxylic acids is 2. The first-order valence-corrected chi connectivity index (χ1v) is 10.9. The molecule has 2 aromatic rings. The fourth-order valence-corrected chi connectivity index (χ4v) is 3.36. The van der Waals surface area contributed by atoms with Gasteiger partial charge in [-0.2, -0.15) is 0 Å². The molecule has 2 aromatic carbocycles. The lowest BCUT2D eigenvalue weighted by atomic mass is 9.87. The van der Waals surface area contributed by atoms with Crippen LogP contribution in [-0.2, 0) is 26.3 Å². The molecule has 0 heterocycles. The first-order valence-electron chi connectivity index (χ1n) is 10.1. The van der Waals surface area contributed by atoms with Crippen LogP contribution in [0.25, 0.3) is 0 Å². The summed E-state index contributed by atoms with van der Waals surface area (Å²) in [7, 11) is 0. The first-order chi connectivity index (χ1) is 14.2. The van der Waals surface area contributed by atoms with E-state index in [0.29, 0.717) is 18.9 Å². The molecule has 2 rings (SSSR count). The van der Waals surface area contributed by atoms with Gasteiger partial charge in [0.25, 0.3) is 5.91 Å². The average molecular weight is 476 g/mol. The van der Waals surface area contributed by atoms with Crippen molar-refractivity contribution in [2.24, 2.45) is 0 Å². The molecule has 6 heteroatoms. The van der Waals surface area contributed by atoms with E-state index in [1.54, 1.807) is 11.8 Å². The lowest BCUT2D eigenvalue weighted by Crippen LogP contribution is -2.36. The Labute approximate surface area is 187 Å². The minimum Gasteiger partial charge on any atom is -0.483 e. The van der Waals surface area contributed by atoms with Crippen molar-refractivity contribution in [2.75, 3.05) is 19.8 Å². The Kier molecular flexibility index (Phi) is 8.90. The van der Waals surface area contributed by atoms with Gasteiger partial charge in [0.1, 0.15) is 5.75 Å². The summed E-state index contributed by atoms with van der Waals surface area (Å²) in [6.07, 6.45) is 0.149. The van der Waals surface area contributed by atoms with Crippen molar-refractivity contribution in [3.05, 3.63) is 64.1 Å². The van der Waals surface area contributed by atoms with Crippen molar-refractivity contribution in [3.8, 4) is 5.75 Å². The minimum atomic E-state index is -0.315. The van der Waals surface area contributed by atoms with E-state index in [2.05, 4.69) is 36.7 Å². The van der Waals surface area contributed by atoms with Crippen LogP contribution in [-0.4, -0.2) is 36.5 Å². The number of amides is 1. The summed E-state index contributed by atoms with van der Waals surface area (Å²) in [5.41, 5.74) is 2.19. The van der Waals surface area contributed by atoms with Crippen molar-refractivity contribution in [2.45, 2.75) is 46.1 Å². The second-order valence-electron chi connectivity index (χ2n) is 8.04. The number of carbonyl (C=O) groups is 2. The third kappa shape index (κ3) is 7.48. The molecular weight excluding hydrogens is 446 g/mol. The van der Waals surface area contributed by atoms with Crippen molar-refractivity contribution >= 4 is 27.8 Å². The van der Waals surface area contributed by atoms with Gasteiger partial charge in [-0.3, -0.25) is 9.59 Å². The van der Waals surface area contributed by atoms with Gasteiger partial charge in [-0.25, -0.2) is 0 Å². The molecule has 0 aliphatic rings. The zero-order valence-electron chi connectivity index (χ0n) is 18.1. The largest absolute Gasteiger partial charge is 0.483 e. The number of benzene rings is 2. The quantitative estimate of drug-likeness (QED) is 0.473. The minimum absolute atomic E-state index is 0.0243. The summed E-state index contributed by atoms with van der Waals surface area (Å²) in [6, 6.07) is 15.6. The number of hydrogen-bond donors (Lipinski definition) is 0. The number of halogens is 1. The van der Waals surface area contributed by atoms with Crippen LogP contribution in [0.2, 0.25) is 0 Å². The molecule has 162 valence electrons. The van der Waals surface area contributed by atoms with Crippen LogP contribution < -0.4 is 4.74 Å². The molecule has 5 nitrogen and oxygen atoms in total. The van der Waals surface area contributed by atoms with Crippen molar-refractivity contribution in [3.63, 3.8) is 0 Å². The molecule has 0 spiro atoms. The van der Waals surface area contributed by atoms with Gasteiger partial charge in [-0.15, -0.1) is 0 Å². The highest BCUT2D eigenvalue weighted by Gasteiger charge is 2.19. The van der Waals surface area contributed by atoms with Crippen molar-refractivity contribution < 1.29 is 19.1 Å². The molecule has 0 saturated heterocycles. The van der Waals surface area contributed by atoms with E-state index in [0.717, 1.165) is 10.0 Å². The average Bonchev–Trinajstić information content (AvgIpc) is 2.70. The van der Waals surface area contributed by atoms with Crippen LogP contribution in [0.1, 0.15) is 45.2 Å². The van der Waals surface area contributed by atoms with Crippen molar-refractivity contribution in [1.82, 2.24) is 4.90 Å². The second kappa shape index (κ2) is 11.2. The predicted octanol–water partition coefficient (Wildman–Crippen LogP) is 5.11. The molecule has 0 aliphatic carbocycles. The van der Waals surface area contributed by atoms with Gasteiger partial charge in [0.2, 0.25) is 0 Å². The Bertz CT molecular complexity index is 846. The van der Waals surface area contributed by atoms with Gasteiger partial charge in [0.15, 0.2) is 6.61 Å². The molecule has 0 unspecified atom stereocenters. The summed E-state index contributed by atoms with van der Waals surface area (Å²) in [6.45, 7) is 9.10. The zero-order valence-corrected chi connectivity index (χ0v) is 19.7. The predicted molar refractivity (Wildman–Crippen MR) is 121 cm³/mol. The lowest BCUT2D eigenvalue weighted by molar-refractivity contribution is -0.144. The van der Waals surface area contributed by atoms with E-state index in [9.17, 15) is 9.59 Å². The summed E-state index contributed by atoms with van der Waals surface area (Å²) in [4.78, 5) is 26.3. The van der Waals surface area contributed by atoms with Crippen molar-refractivity contribution in [1.29, 1.82) is 0 Å². The fourth-order valence-electron chi connectivity index (χ4n) is 2.87. The molecule has 0 fully saturated rings. The highest BCUT2D eigenvalue weighted by atomic mass is 79.9. The third-order valence-corrected chi connectivity index (χ3v) is 5.23. The summed E-state index contributed by atoms with van der Waals surface area (Å²) >= 11 is 3.54. The van der Waals surface area contributed by atoms with Gasteiger partial charge in [0, 0.05) is 13.1 Å². The standard InChI is InChI=1S/C24H30BrNO4/c1-5-29-23(28)13-14-26(16-18-9-7-6-8-10-18)22(27)17-30-21-12-11-19(15-20(21)25)24(2,3)4/h6-12,15H,5,13-14,16-17H2,1-4H3. The number of ether oxygens (including phenoxy) is 2. The van der Waals surface area contributed by atoms with E-state index in [1.165, 1.54) is 5.56 Å². The van der Waals surface area contributed by atoms with E-state index in [1.807, 2.05) is 48.5 Å². The van der Waals surface area contributed by atoms with Crippen LogP contribution >= 0.6 is 15.9 Å². The molecule has 0 saturated carbocycles. The smallest absolute Gasteiger partial charge is 0.307 e. The molecule has 0 radical (unpaired) electrons. The summed E-state index contributed by atoms with van der Waals surface area (Å²) in [5, 5.41) is 0. The van der Waals surface area contributed by atoms with Crippen LogP contribution in [0.3, 0.4) is 0 Å². The van der Waals surface area contributed by atoms with E-state index in [4.69, 9.17) is 9.47 Å². The molecule has 30 heavy (non-hydrogen) atoms. The zero-order chi connectivity index (χ0) is 22.1. The molecule has 0 bridgehead atoms. The third-order valence-electron chi connectivity index (χ3n) is 4.61. The molecule has 0 N–H and O–H groups in total. The molecule has 0 atom stereocenters. The monoisotopic (exact) mass is 475 g/mol. The number of esters is 1. The SMILES string of the molecule is CCOC(=O)CCN(Cc1ccccc1)C(=O)COc1ccc(C(C)(C)C)cc1Br. The van der Waals surface area contributed by atoms with Crippen LogP contribution in [0.4, 0.5) is 0 Å². The lowest BCUT2D eigenvalue weighted by Gasteiger charge is -2.23. The van der Waals surface area contributed by atoms with E-state index in [-0.39, 0.29) is 36.9 Å². The van der Waals surface area contributed by atoms with Gasteiger partial charge in [-0.05, 0) is 51.5 Å². The van der Waals surface area contributed by atoms with Crippen LogP contribution in [0, 0.1) is 0 Å². The van der Waals surface area contributed by atoms with Crippen LogP contribution in [0.15, 0.2) is 53.0 Å². The summed E-state index contributed by atoms with van der Waals surface area (Å²) < 4.78 is 11.6. The fraction of sp³-hybridized carbons (Fsp3) is 0.417. The maximum Gasteiger partial charge on any atom is 0.307 e. The van der Waals surface area contributed by atoms with Gasteiger partial charge in [0.05, 0.1) is 17.5 Å². The highest BCUT2D eigenvalue weighted by molar-refractivity contribution is 9.10. The van der Waals surface area contributed by atoms with E-state index >= 15 is 0 Å². The molecule has 1 amide bonds. The molecular formula is C24H30BrNO4. The highest BCUT2D eigenvalue weighted by Crippen LogP contribution is 2.31. The molecule has 0 aliphatic heterocycles. The van der Waals surface area contributed by atoms with Gasteiger partial charge < -0.3 is 14.4 Å². The Morgan fingerprint density at radius 2 is 1.77 bits per heavy atom. The summed E-state index contributed by atoms with van der Waals surface area (Å²) in [5.74, 6) is 0.112. The number of hydrogen-bond acceptors (Lipinski definition) is 4. The second-order valence-corrected chi connectivity index (χ2v) is 8.89. The topological polar surface area (TPSA) is 55.8 Å². The maximum absolute atomic E-state index is 12.9. The number of rotatable bonds is 9. The normalized spacial score (nSPS) is 11.1.